The minimum Gasteiger partial charge on any atom is -0.341 e. The third-order valence-electron chi connectivity index (χ3n) is 5.37. The molecule has 28 heavy (non-hydrogen) atoms. The van der Waals surface area contributed by atoms with Crippen molar-refractivity contribution in [1.82, 2.24) is 10.2 Å². The number of amides is 3. The highest BCUT2D eigenvalue weighted by molar-refractivity contribution is 5.90. The van der Waals surface area contributed by atoms with E-state index in [-0.39, 0.29) is 18.0 Å². The smallest absolute Gasteiger partial charge is 0.319 e. The van der Waals surface area contributed by atoms with Gasteiger partial charge in [0.2, 0.25) is 5.91 Å². The molecule has 1 saturated heterocycles. The van der Waals surface area contributed by atoms with Gasteiger partial charge in [0.05, 0.1) is 0 Å². The van der Waals surface area contributed by atoms with E-state index in [9.17, 15) is 9.59 Å². The summed E-state index contributed by atoms with van der Waals surface area (Å²) in [5.74, 6) is 0.174. The topological polar surface area (TPSA) is 64.7 Å². The zero-order valence-corrected chi connectivity index (χ0v) is 16.1. The lowest BCUT2D eigenvalue weighted by atomic mass is 10.2. The number of hydrogen-bond acceptors (Lipinski definition) is 3. The normalized spacial score (nSPS) is 16.8. The first-order valence-corrected chi connectivity index (χ1v) is 9.91. The Hall–Kier alpha value is -3.02. The van der Waals surface area contributed by atoms with Crippen LogP contribution in [0.4, 0.5) is 21.9 Å². The fraction of sp³-hybridized carbons (Fsp3) is 0.364. The Bertz CT molecular complexity index is 865. The molecule has 0 saturated carbocycles. The molecule has 146 valence electrons. The van der Waals surface area contributed by atoms with Crippen LogP contribution < -0.4 is 15.5 Å². The molecule has 2 heterocycles. The Balaban J connectivity index is 1.32. The summed E-state index contributed by atoms with van der Waals surface area (Å²) in [6.07, 6.45) is 2.58. The average Bonchev–Trinajstić information content (AvgIpc) is 3.29. The summed E-state index contributed by atoms with van der Waals surface area (Å²) in [4.78, 5) is 28.1. The molecule has 6 nitrogen and oxygen atoms in total. The largest absolute Gasteiger partial charge is 0.341 e. The maximum atomic E-state index is 12.2. The number of urea groups is 1. The number of hydrogen-bond donors (Lipinski definition) is 2. The van der Waals surface area contributed by atoms with Gasteiger partial charge in [0, 0.05) is 49.2 Å². The Morgan fingerprint density at radius 3 is 2.61 bits per heavy atom. The molecule has 0 unspecified atom stereocenters. The van der Waals surface area contributed by atoms with Gasteiger partial charge in [0.1, 0.15) is 0 Å². The minimum absolute atomic E-state index is 0.0950. The van der Waals surface area contributed by atoms with Crippen LogP contribution in [0.1, 0.15) is 25.3 Å². The molecule has 6 heteroatoms. The highest BCUT2D eigenvalue weighted by Crippen LogP contribution is 2.34. The lowest BCUT2D eigenvalue weighted by Gasteiger charge is -2.22. The summed E-state index contributed by atoms with van der Waals surface area (Å²) in [7, 11) is 0. The molecule has 2 aliphatic heterocycles. The third kappa shape index (κ3) is 3.96. The quantitative estimate of drug-likeness (QED) is 0.837. The predicted molar refractivity (Wildman–Crippen MR) is 111 cm³/mol. The van der Waals surface area contributed by atoms with Gasteiger partial charge >= 0.3 is 6.03 Å². The second kappa shape index (κ2) is 7.92. The predicted octanol–water partition coefficient (Wildman–Crippen LogP) is 3.51. The number of carbonyl (C=O) groups excluding carboxylic acids is 2. The molecule has 0 aliphatic carbocycles. The number of benzene rings is 2. The highest BCUT2D eigenvalue weighted by atomic mass is 16.2. The SMILES string of the molecule is C[C@H](CN1CCCC1=O)NC(=O)Nc1ccc(N2CCc3ccccc32)cc1. The number of rotatable bonds is 5. The van der Waals surface area contributed by atoms with E-state index in [1.807, 2.05) is 36.1 Å². The molecular formula is C22H26N4O2. The monoisotopic (exact) mass is 378 g/mol. The van der Waals surface area contributed by atoms with Crippen molar-refractivity contribution in [2.75, 3.05) is 29.9 Å². The van der Waals surface area contributed by atoms with E-state index in [2.05, 4.69) is 39.8 Å². The lowest BCUT2D eigenvalue weighted by Crippen LogP contribution is -2.44. The van der Waals surface area contributed by atoms with Crippen LogP contribution in [0.15, 0.2) is 48.5 Å². The van der Waals surface area contributed by atoms with E-state index < -0.39 is 0 Å². The molecule has 1 atom stereocenters. The van der Waals surface area contributed by atoms with Gasteiger partial charge in [-0.1, -0.05) is 18.2 Å². The molecule has 0 spiro atoms. The number of nitrogens with zero attached hydrogens (tertiary/aromatic N) is 2. The van der Waals surface area contributed by atoms with Gasteiger partial charge in [-0.15, -0.1) is 0 Å². The summed E-state index contributed by atoms with van der Waals surface area (Å²) in [5, 5.41) is 5.78. The Morgan fingerprint density at radius 1 is 1.07 bits per heavy atom. The first kappa shape index (κ1) is 18.3. The van der Waals surface area contributed by atoms with Crippen molar-refractivity contribution in [2.24, 2.45) is 0 Å². The summed E-state index contributed by atoms with van der Waals surface area (Å²) >= 11 is 0. The van der Waals surface area contributed by atoms with E-state index in [0.29, 0.717) is 13.0 Å². The molecule has 0 aromatic heterocycles. The van der Waals surface area contributed by atoms with Gasteiger partial charge in [-0.25, -0.2) is 4.79 Å². The van der Waals surface area contributed by atoms with Crippen molar-refractivity contribution >= 4 is 29.0 Å². The number of carbonyl (C=O) groups is 2. The number of para-hydroxylation sites is 1. The molecule has 4 rings (SSSR count). The number of fused-ring (bicyclic) bond motifs is 1. The van der Waals surface area contributed by atoms with Crippen molar-refractivity contribution in [3.63, 3.8) is 0 Å². The van der Waals surface area contributed by atoms with Crippen LogP contribution in [-0.2, 0) is 11.2 Å². The minimum atomic E-state index is -0.251. The van der Waals surface area contributed by atoms with Crippen molar-refractivity contribution in [3.05, 3.63) is 54.1 Å². The standard InChI is InChI=1S/C22H26N4O2/c1-16(15-25-13-4-7-21(25)27)23-22(28)24-18-8-10-19(11-9-18)26-14-12-17-5-2-3-6-20(17)26/h2-3,5-6,8-11,16H,4,7,12-15H2,1H3,(H2,23,24,28)/t16-/m1/s1. The van der Waals surface area contributed by atoms with Gasteiger partial charge in [0.25, 0.3) is 0 Å². The van der Waals surface area contributed by atoms with Crippen molar-refractivity contribution < 1.29 is 9.59 Å². The number of nitrogens with one attached hydrogen (secondary N) is 2. The van der Waals surface area contributed by atoms with E-state index in [0.717, 1.165) is 37.3 Å². The van der Waals surface area contributed by atoms with E-state index in [4.69, 9.17) is 0 Å². The van der Waals surface area contributed by atoms with Crippen molar-refractivity contribution in [2.45, 2.75) is 32.2 Å². The van der Waals surface area contributed by atoms with Gasteiger partial charge in [-0.05, 0) is 55.7 Å². The van der Waals surface area contributed by atoms with Gasteiger partial charge < -0.3 is 20.4 Å². The first-order chi connectivity index (χ1) is 13.6. The number of likely N-dealkylation sites (tertiary alicyclic amines) is 1. The second-order valence-corrected chi connectivity index (χ2v) is 7.52. The molecule has 1 fully saturated rings. The maximum Gasteiger partial charge on any atom is 0.319 e. The molecule has 2 N–H and O–H groups in total. The third-order valence-corrected chi connectivity index (χ3v) is 5.37. The molecule has 2 aliphatic rings. The first-order valence-electron chi connectivity index (χ1n) is 9.91. The Labute approximate surface area is 165 Å². The second-order valence-electron chi connectivity index (χ2n) is 7.52. The average molecular weight is 378 g/mol. The van der Waals surface area contributed by atoms with Crippen LogP contribution in [0.3, 0.4) is 0 Å². The highest BCUT2D eigenvalue weighted by Gasteiger charge is 2.22. The molecule has 0 bridgehead atoms. The van der Waals surface area contributed by atoms with Gasteiger partial charge in [-0.3, -0.25) is 4.79 Å². The summed E-state index contributed by atoms with van der Waals surface area (Å²) in [6, 6.07) is 16.0. The van der Waals surface area contributed by atoms with Gasteiger partial charge in [-0.2, -0.15) is 0 Å². The molecular weight excluding hydrogens is 352 g/mol. The van der Waals surface area contributed by atoms with Crippen LogP contribution in [0.25, 0.3) is 0 Å². The van der Waals surface area contributed by atoms with Gasteiger partial charge in [0.15, 0.2) is 0 Å². The fourth-order valence-electron chi connectivity index (χ4n) is 4.00. The van der Waals surface area contributed by atoms with E-state index >= 15 is 0 Å². The van der Waals surface area contributed by atoms with Crippen molar-refractivity contribution in [1.29, 1.82) is 0 Å². The number of anilines is 3. The van der Waals surface area contributed by atoms with Crippen LogP contribution >= 0.6 is 0 Å². The van der Waals surface area contributed by atoms with Crippen LogP contribution in [0, 0.1) is 0 Å². The van der Waals surface area contributed by atoms with Crippen LogP contribution in [-0.4, -0.2) is 42.5 Å². The molecule has 3 amide bonds. The maximum absolute atomic E-state index is 12.2. The lowest BCUT2D eigenvalue weighted by molar-refractivity contribution is -0.127. The molecule has 2 aromatic carbocycles. The zero-order valence-electron chi connectivity index (χ0n) is 16.1. The fourth-order valence-corrected chi connectivity index (χ4v) is 4.00. The summed E-state index contributed by atoms with van der Waals surface area (Å²) in [5.41, 5.74) is 4.50. The van der Waals surface area contributed by atoms with E-state index in [1.165, 1.54) is 11.3 Å². The van der Waals surface area contributed by atoms with Crippen LogP contribution in [0.2, 0.25) is 0 Å². The summed E-state index contributed by atoms with van der Waals surface area (Å²) in [6.45, 7) is 4.23. The molecule has 2 aromatic rings. The Kier molecular flexibility index (Phi) is 5.19. The Morgan fingerprint density at radius 2 is 1.86 bits per heavy atom. The van der Waals surface area contributed by atoms with Crippen molar-refractivity contribution in [3.8, 4) is 0 Å². The van der Waals surface area contributed by atoms with E-state index in [1.54, 1.807) is 0 Å². The molecule has 0 radical (unpaired) electrons. The van der Waals surface area contributed by atoms with Crippen LogP contribution in [0.5, 0.6) is 0 Å². The zero-order chi connectivity index (χ0) is 19.5. The summed E-state index contributed by atoms with van der Waals surface area (Å²) < 4.78 is 0.